The molecule has 7 heteroatoms. The van der Waals surface area contributed by atoms with Crippen molar-refractivity contribution in [2.45, 2.75) is 45.1 Å². The van der Waals surface area contributed by atoms with Crippen LogP contribution in [0.5, 0.6) is 0 Å². The Morgan fingerprint density at radius 3 is 2.70 bits per heavy atom. The van der Waals surface area contributed by atoms with E-state index in [0.29, 0.717) is 13.0 Å². The van der Waals surface area contributed by atoms with E-state index in [1.54, 1.807) is 6.20 Å². The van der Waals surface area contributed by atoms with E-state index in [4.69, 9.17) is 5.11 Å². The molecule has 0 aliphatic carbocycles. The molecule has 0 aromatic carbocycles. The molecule has 0 atom stereocenters. The van der Waals surface area contributed by atoms with E-state index in [-0.39, 0.29) is 12.5 Å². The zero-order valence-electron chi connectivity index (χ0n) is 11.8. The number of nitrogens with one attached hydrogen (secondary N) is 2. The van der Waals surface area contributed by atoms with Gasteiger partial charge in [-0.3, -0.25) is 4.79 Å². The summed E-state index contributed by atoms with van der Waals surface area (Å²) in [5, 5.41) is 16.9. The molecule has 0 aliphatic heterocycles. The fourth-order valence-electron chi connectivity index (χ4n) is 1.69. The van der Waals surface area contributed by atoms with Crippen LogP contribution in [0.1, 0.15) is 44.5 Å². The van der Waals surface area contributed by atoms with E-state index in [1.807, 2.05) is 19.2 Å². The Bertz CT molecular complexity index is 432. The molecule has 112 valence electrons. The number of unbranched alkanes of at least 4 members (excludes halogenated alkanes) is 2. The van der Waals surface area contributed by atoms with Crippen LogP contribution in [0.4, 0.5) is 4.79 Å². The van der Waals surface area contributed by atoms with Crippen LogP contribution in [0.3, 0.4) is 0 Å². The molecule has 0 bridgehead atoms. The third kappa shape index (κ3) is 6.01. The first-order valence-electron chi connectivity index (χ1n) is 6.59. The van der Waals surface area contributed by atoms with Gasteiger partial charge in [0.05, 0.1) is 5.54 Å². The van der Waals surface area contributed by atoms with Gasteiger partial charge in [-0.25, -0.2) is 9.78 Å². The van der Waals surface area contributed by atoms with Gasteiger partial charge in [-0.15, -0.1) is 11.3 Å². The van der Waals surface area contributed by atoms with E-state index >= 15 is 0 Å². The van der Waals surface area contributed by atoms with Crippen LogP contribution in [0.15, 0.2) is 11.6 Å². The SMILES string of the molecule is CC(C)(NC(=O)NCCCCCC(=O)O)c1nccs1. The predicted molar refractivity (Wildman–Crippen MR) is 77.8 cm³/mol. The summed E-state index contributed by atoms with van der Waals surface area (Å²) in [6, 6.07) is -0.233. The predicted octanol–water partition coefficient (Wildman–Crippen LogP) is 2.32. The number of hydrogen-bond acceptors (Lipinski definition) is 4. The first-order chi connectivity index (χ1) is 9.42. The highest BCUT2D eigenvalue weighted by Crippen LogP contribution is 2.21. The number of hydrogen-bond donors (Lipinski definition) is 3. The van der Waals surface area contributed by atoms with E-state index in [9.17, 15) is 9.59 Å². The average molecular weight is 299 g/mol. The molecule has 0 unspecified atom stereocenters. The molecule has 1 aromatic heterocycles. The number of nitrogens with zero attached hydrogens (tertiary/aromatic N) is 1. The van der Waals surface area contributed by atoms with E-state index < -0.39 is 11.5 Å². The Morgan fingerprint density at radius 1 is 1.35 bits per heavy atom. The molecule has 1 heterocycles. The van der Waals surface area contributed by atoms with Gasteiger partial charge in [0.1, 0.15) is 5.01 Å². The highest BCUT2D eigenvalue weighted by atomic mass is 32.1. The topological polar surface area (TPSA) is 91.3 Å². The van der Waals surface area contributed by atoms with Crippen LogP contribution in [0.2, 0.25) is 0 Å². The summed E-state index contributed by atoms with van der Waals surface area (Å²) in [6.07, 6.45) is 4.11. The molecule has 0 aliphatic rings. The monoisotopic (exact) mass is 299 g/mol. The molecule has 0 fully saturated rings. The van der Waals surface area contributed by atoms with E-state index in [0.717, 1.165) is 17.8 Å². The normalized spacial score (nSPS) is 11.1. The minimum Gasteiger partial charge on any atom is -0.481 e. The summed E-state index contributed by atoms with van der Waals surface area (Å²) < 4.78 is 0. The van der Waals surface area contributed by atoms with Crippen molar-refractivity contribution in [2.24, 2.45) is 0 Å². The molecule has 6 nitrogen and oxygen atoms in total. The zero-order valence-corrected chi connectivity index (χ0v) is 12.6. The molecular weight excluding hydrogens is 278 g/mol. The van der Waals surface area contributed by atoms with Crippen molar-refractivity contribution in [3.05, 3.63) is 16.6 Å². The Hall–Kier alpha value is -1.63. The van der Waals surface area contributed by atoms with Crippen molar-refractivity contribution < 1.29 is 14.7 Å². The number of urea groups is 1. The van der Waals surface area contributed by atoms with Gasteiger partial charge in [0.15, 0.2) is 0 Å². The second-order valence-corrected chi connectivity index (χ2v) is 5.94. The van der Waals surface area contributed by atoms with E-state index in [1.165, 1.54) is 11.3 Å². The molecule has 1 rings (SSSR count). The number of aliphatic carboxylic acids is 1. The number of amides is 2. The summed E-state index contributed by atoms with van der Waals surface area (Å²) in [5.74, 6) is -0.777. The number of aromatic nitrogens is 1. The minimum atomic E-state index is -0.777. The zero-order chi connectivity index (χ0) is 15.0. The fraction of sp³-hybridized carbons (Fsp3) is 0.615. The van der Waals surface area contributed by atoms with Crippen LogP contribution in [0, 0.1) is 0 Å². The summed E-state index contributed by atoms with van der Waals surface area (Å²) >= 11 is 1.50. The Balaban J connectivity index is 2.19. The van der Waals surface area contributed by atoms with Crippen molar-refractivity contribution in [3.8, 4) is 0 Å². The van der Waals surface area contributed by atoms with Gasteiger partial charge in [-0.05, 0) is 26.7 Å². The summed E-state index contributed by atoms with van der Waals surface area (Å²) in [6.45, 7) is 4.34. The lowest BCUT2D eigenvalue weighted by molar-refractivity contribution is -0.137. The molecule has 0 radical (unpaired) electrons. The molecular formula is C13H21N3O3S. The largest absolute Gasteiger partial charge is 0.481 e. The first-order valence-corrected chi connectivity index (χ1v) is 7.47. The van der Waals surface area contributed by atoms with Crippen LogP contribution in [0.25, 0.3) is 0 Å². The Labute approximate surface area is 122 Å². The van der Waals surface area contributed by atoms with Gasteiger partial charge >= 0.3 is 12.0 Å². The van der Waals surface area contributed by atoms with Crippen molar-refractivity contribution in [1.82, 2.24) is 15.6 Å². The number of carbonyl (C=O) groups excluding carboxylic acids is 1. The van der Waals surface area contributed by atoms with Crippen molar-refractivity contribution in [3.63, 3.8) is 0 Å². The van der Waals surface area contributed by atoms with Crippen molar-refractivity contribution in [2.75, 3.05) is 6.54 Å². The maximum Gasteiger partial charge on any atom is 0.315 e. The third-order valence-corrected chi connectivity index (χ3v) is 3.84. The maximum absolute atomic E-state index is 11.8. The molecule has 0 saturated heterocycles. The van der Waals surface area contributed by atoms with Crippen LogP contribution in [-0.2, 0) is 10.3 Å². The van der Waals surface area contributed by atoms with Gasteiger partial charge in [0.25, 0.3) is 0 Å². The molecule has 0 spiro atoms. The second kappa shape index (κ2) is 7.84. The molecule has 3 N–H and O–H groups in total. The number of carboxylic acid groups (broad SMARTS) is 1. The van der Waals surface area contributed by atoms with Crippen molar-refractivity contribution >= 4 is 23.3 Å². The molecule has 0 saturated carbocycles. The lowest BCUT2D eigenvalue weighted by Crippen LogP contribution is -2.46. The molecule has 1 aromatic rings. The fourth-order valence-corrected chi connectivity index (χ4v) is 2.41. The summed E-state index contributed by atoms with van der Waals surface area (Å²) in [5.41, 5.74) is -0.498. The maximum atomic E-state index is 11.8. The lowest BCUT2D eigenvalue weighted by atomic mass is 10.1. The standard InChI is InChI=1S/C13H21N3O3S/c1-13(2,11-14-8-9-20-11)16-12(19)15-7-5-3-4-6-10(17)18/h8-9H,3-7H2,1-2H3,(H,17,18)(H2,15,16,19). The Morgan fingerprint density at radius 2 is 2.10 bits per heavy atom. The van der Waals surface area contributed by atoms with Gasteiger partial charge in [-0.1, -0.05) is 6.42 Å². The quantitative estimate of drug-likeness (QED) is 0.642. The van der Waals surface area contributed by atoms with Gasteiger partial charge < -0.3 is 15.7 Å². The van der Waals surface area contributed by atoms with Gasteiger partial charge in [0.2, 0.25) is 0 Å². The molecule has 20 heavy (non-hydrogen) atoms. The minimum absolute atomic E-state index is 0.184. The van der Waals surface area contributed by atoms with Crippen LogP contribution >= 0.6 is 11.3 Å². The van der Waals surface area contributed by atoms with E-state index in [2.05, 4.69) is 15.6 Å². The smallest absolute Gasteiger partial charge is 0.315 e. The number of carbonyl (C=O) groups is 2. The number of thiazole rings is 1. The third-order valence-electron chi connectivity index (χ3n) is 2.75. The van der Waals surface area contributed by atoms with Crippen LogP contribution < -0.4 is 10.6 Å². The van der Waals surface area contributed by atoms with Crippen LogP contribution in [-0.4, -0.2) is 28.6 Å². The molecule has 2 amide bonds. The van der Waals surface area contributed by atoms with Gasteiger partial charge in [-0.2, -0.15) is 0 Å². The average Bonchev–Trinajstić information content (AvgIpc) is 2.87. The highest BCUT2D eigenvalue weighted by molar-refractivity contribution is 7.09. The van der Waals surface area contributed by atoms with Gasteiger partial charge in [0, 0.05) is 24.5 Å². The number of rotatable bonds is 8. The summed E-state index contributed by atoms with van der Waals surface area (Å²) in [4.78, 5) is 26.3. The highest BCUT2D eigenvalue weighted by Gasteiger charge is 2.25. The second-order valence-electron chi connectivity index (χ2n) is 5.05. The Kier molecular flexibility index (Phi) is 6.44. The number of carboxylic acids is 1. The lowest BCUT2D eigenvalue weighted by Gasteiger charge is -2.23. The summed E-state index contributed by atoms with van der Waals surface area (Å²) in [7, 11) is 0. The first kappa shape index (κ1) is 16.4. The van der Waals surface area contributed by atoms with Crippen molar-refractivity contribution in [1.29, 1.82) is 0 Å².